The number of aromatic nitrogens is 1. The molecule has 0 aliphatic heterocycles. The number of hydrogen-bond acceptors (Lipinski definition) is 2. The lowest BCUT2D eigenvalue weighted by Crippen LogP contribution is -2.29. The molecular weight excluding hydrogens is 210 g/mol. The highest BCUT2D eigenvalue weighted by atomic mass is 16.4. The molecule has 0 aliphatic rings. The maximum absolute atomic E-state index is 11.3. The minimum Gasteiger partial charge on any atom is -0.477 e. The molecule has 2 amide bonds. The van der Waals surface area contributed by atoms with Gasteiger partial charge in [-0.15, -0.1) is 0 Å². The Morgan fingerprint density at radius 3 is 2.75 bits per heavy atom. The third kappa shape index (κ3) is 3.01. The van der Waals surface area contributed by atoms with Crippen LogP contribution in [0.4, 0.5) is 10.5 Å². The molecule has 1 rings (SSSR count). The molecule has 0 bridgehead atoms. The zero-order chi connectivity index (χ0) is 12.1. The van der Waals surface area contributed by atoms with Gasteiger partial charge in [0.05, 0.1) is 5.69 Å². The number of nitrogens with one attached hydrogen (secondary N) is 3. The number of amides is 2. The zero-order valence-electron chi connectivity index (χ0n) is 9.26. The van der Waals surface area contributed by atoms with Gasteiger partial charge in [-0.25, -0.2) is 9.59 Å². The average molecular weight is 225 g/mol. The number of anilines is 1. The van der Waals surface area contributed by atoms with Crippen molar-refractivity contribution >= 4 is 17.7 Å². The number of urea groups is 1. The van der Waals surface area contributed by atoms with Crippen LogP contribution < -0.4 is 10.6 Å². The largest absolute Gasteiger partial charge is 0.477 e. The Kier molecular flexibility index (Phi) is 3.93. The van der Waals surface area contributed by atoms with E-state index in [1.54, 1.807) is 13.0 Å². The maximum atomic E-state index is 11.3. The van der Waals surface area contributed by atoms with Crippen LogP contribution in [0.3, 0.4) is 0 Å². The van der Waals surface area contributed by atoms with Gasteiger partial charge in [0.25, 0.3) is 0 Å². The summed E-state index contributed by atoms with van der Waals surface area (Å²) in [6, 6.07) is 1.18. The summed E-state index contributed by atoms with van der Waals surface area (Å²) in [5.74, 6) is -1.10. The average Bonchev–Trinajstić information content (AvgIpc) is 2.56. The number of carboxylic acids is 1. The minimum absolute atomic E-state index is 0.0100. The van der Waals surface area contributed by atoms with E-state index in [0.717, 1.165) is 6.42 Å². The van der Waals surface area contributed by atoms with Gasteiger partial charge in [-0.05, 0) is 19.4 Å². The number of rotatable bonds is 4. The summed E-state index contributed by atoms with van der Waals surface area (Å²) in [7, 11) is 0. The molecule has 4 N–H and O–H groups in total. The van der Waals surface area contributed by atoms with Gasteiger partial charge in [-0.2, -0.15) is 0 Å². The number of hydrogen-bond donors (Lipinski definition) is 4. The first-order chi connectivity index (χ1) is 7.54. The van der Waals surface area contributed by atoms with Gasteiger partial charge in [0, 0.05) is 12.2 Å². The molecular formula is C10H15N3O3. The Hall–Kier alpha value is -1.98. The lowest BCUT2D eigenvalue weighted by molar-refractivity contribution is 0.0692. The van der Waals surface area contributed by atoms with Crippen molar-refractivity contribution in [2.24, 2.45) is 0 Å². The second-order valence-electron chi connectivity index (χ2n) is 3.43. The minimum atomic E-state index is -1.10. The monoisotopic (exact) mass is 225 g/mol. The first-order valence-electron chi connectivity index (χ1n) is 5.02. The standard InChI is InChI=1S/C10H15N3O3/c1-3-4-11-10(16)13-7-5-6(2)12-8(7)9(14)15/h5,12H,3-4H2,1-2H3,(H,14,15)(H2,11,13,16). The summed E-state index contributed by atoms with van der Waals surface area (Å²) in [4.78, 5) is 24.8. The van der Waals surface area contributed by atoms with Gasteiger partial charge in [0.2, 0.25) is 0 Å². The number of aryl methyl sites for hydroxylation is 1. The summed E-state index contributed by atoms with van der Waals surface area (Å²) in [6.07, 6.45) is 0.825. The van der Waals surface area contributed by atoms with E-state index in [1.165, 1.54) is 0 Å². The number of aromatic amines is 1. The van der Waals surface area contributed by atoms with Crippen molar-refractivity contribution in [2.75, 3.05) is 11.9 Å². The smallest absolute Gasteiger partial charge is 0.354 e. The van der Waals surface area contributed by atoms with E-state index in [-0.39, 0.29) is 11.4 Å². The van der Waals surface area contributed by atoms with E-state index in [9.17, 15) is 9.59 Å². The van der Waals surface area contributed by atoms with Crippen molar-refractivity contribution in [3.8, 4) is 0 Å². The number of carbonyl (C=O) groups is 2. The summed E-state index contributed by atoms with van der Waals surface area (Å²) in [6.45, 7) is 4.21. The van der Waals surface area contributed by atoms with E-state index >= 15 is 0 Å². The van der Waals surface area contributed by atoms with E-state index < -0.39 is 12.0 Å². The third-order valence-electron chi connectivity index (χ3n) is 1.95. The molecule has 6 nitrogen and oxygen atoms in total. The Balaban J connectivity index is 2.72. The number of aromatic carboxylic acids is 1. The van der Waals surface area contributed by atoms with Gasteiger partial charge < -0.3 is 20.7 Å². The summed E-state index contributed by atoms with van der Waals surface area (Å²) in [5, 5.41) is 13.9. The van der Waals surface area contributed by atoms with Crippen molar-refractivity contribution in [1.82, 2.24) is 10.3 Å². The lowest BCUT2D eigenvalue weighted by Gasteiger charge is -2.05. The molecule has 1 aromatic rings. The molecule has 0 atom stereocenters. The normalized spacial score (nSPS) is 9.88. The highest BCUT2D eigenvalue weighted by Crippen LogP contribution is 2.16. The van der Waals surface area contributed by atoms with Crippen molar-refractivity contribution < 1.29 is 14.7 Å². The molecule has 0 unspecified atom stereocenters. The van der Waals surface area contributed by atoms with Crippen LogP contribution >= 0.6 is 0 Å². The fourth-order valence-corrected chi connectivity index (χ4v) is 1.26. The van der Waals surface area contributed by atoms with Gasteiger partial charge in [0.1, 0.15) is 5.69 Å². The van der Waals surface area contributed by atoms with Gasteiger partial charge in [-0.3, -0.25) is 0 Å². The Labute approximate surface area is 93.0 Å². The second-order valence-corrected chi connectivity index (χ2v) is 3.43. The molecule has 0 radical (unpaired) electrons. The van der Waals surface area contributed by atoms with Crippen molar-refractivity contribution in [3.63, 3.8) is 0 Å². The summed E-state index contributed by atoms with van der Waals surface area (Å²) < 4.78 is 0. The third-order valence-corrected chi connectivity index (χ3v) is 1.95. The van der Waals surface area contributed by atoms with E-state index in [2.05, 4.69) is 15.6 Å². The van der Waals surface area contributed by atoms with Crippen molar-refractivity contribution in [3.05, 3.63) is 17.5 Å². The van der Waals surface area contributed by atoms with Crippen LogP contribution in [0.15, 0.2) is 6.07 Å². The fraction of sp³-hybridized carbons (Fsp3) is 0.400. The van der Waals surface area contributed by atoms with E-state index in [0.29, 0.717) is 12.2 Å². The summed E-state index contributed by atoms with van der Waals surface area (Å²) in [5.41, 5.74) is 0.950. The van der Waals surface area contributed by atoms with Crippen LogP contribution in [-0.4, -0.2) is 28.6 Å². The second kappa shape index (κ2) is 5.20. The molecule has 0 saturated carbocycles. The maximum Gasteiger partial charge on any atom is 0.354 e. The number of H-pyrrole nitrogens is 1. The molecule has 0 saturated heterocycles. The van der Waals surface area contributed by atoms with E-state index in [1.807, 2.05) is 6.92 Å². The topological polar surface area (TPSA) is 94.2 Å². The first-order valence-corrected chi connectivity index (χ1v) is 5.02. The van der Waals surface area contributed by atoms with Crippen LogP contribution in [-0.2, 0) is 0 Å². The fourth-order valence-electron chi connectivity index (χ4n) is 1.26. The van der Waals surface area contributed by atoms with Gasteiger partial charge >= 0.3 is 12.0 Å². The highest BCUT2D eigenvalue weighted by Gasteiger charge is 2.14. The molecule has 0 fully saturated rings. The molecule has 88 valence electrons. The zero-order valence-corrected chi connectivity index (χ0v) is 9.26. The van der Waals surface area contributed by atoms with Crippen LogP contribution in [0.1, 0.15) is 29.5 Å². The van der Waals surface area contributed by atoms with Crippen LogP contribution in [0, 0.1) is 6.92 Å². The summed E-state index contributed by atoms with van der Waals surface area (Å²) >= 11 is 0. The lowest BCUT2D eigenvalue weighted by atomic mass is 10.3. The van der Waals surface area contributed by atoms with Crippen LogP contribution in [0.2, 0.25) is 0 Å². The van der Waals surface area contributed by atoms with Gasteiger partial charge in [-0.1, -0.05) is 6.92 Å². The molecule has 0 spiro atoms. The van der Waals surface area contributed by atoms with E-state index in [4.69, 9.17) is 5.11 Å². The van der Waals surface area contributed by atoms with Crippen molar-refractivity contribution in [2.45, 2.75) is 20.3 Å². The predicted molar refractivity (Wildman–Crippen MR) is 59.8 cm³/mol. The number of carboxylic acid groups (broad SMARTS) is 1. The van der Waals surface area contributed by atoms with Gasteiger partial charge in [0.15, 0.2) is 0 Å². The molecule has 16 heavy (non-hydrogen) atoms. The SMILES string of the molecule is CCCNC(=O)Nc1cc(C)[nH]c1C(=O)O. The molecule has 0 aliphatic carbocycles. The Bertz CT molecular complexity index is 398. The molecule has 1 aromatic heterocycles. The van der Waals surface area contributed by atoms with Crippen LogP contribution in [0.5, 0.6) is 0 Å². The first kappa shape index (κ1) is 12.1. The van der Waals surface area contributed by atoms with Crippen LogP contribution in [0.25, 0.3) is 0 Å². The van der Waals surface area contributed by atoms with Crippen molar-refractivity contribution in [1.29, 1.82) is 0 Å². The molecule has 6 heteroatoms. The Morgan fingerprint density at radius 2 is 2.19 bits per heavy atom. The molecule has 0 aromatic carbocycles. The number of carbonyl (C=O) groups excluding carboxylic acids is 1. The highest BCUT2D eigenvalue weighted by molar-refractivity contribution is 5.99. The molecule has 1 heterocycles. The Morgan fingerprint density at radius 1 is 1.50 bits per heavy atom. The predicted octanol–water partition coefficient (Wildman–Crippen LogP) is 1.55. The quantitative estimate of drug-likeness (QED) is 0.626.